The number of nitrogens with zero attached hydrogens (tertiary/aromatic N) is 2. The summed E-state index contributed by atoms with van der Waals surface area (Å²) in [7, 11) is 0. The van der Waals surface area contributed by atoms with E-state index in [0.717, 1.165) is 22.0 Å². The van der Waals surface area contributed by atoms with Gasteiger partial charge in [-0.3, -0.25) is 4.79 Å². The van der Waals surface area contributed by atoms with Crippen LogP contribution in [0, 0.1) is 0 Å². The third kappa shape index (κ3) is 4.57. The summed E-state index contributed by atoms with van der Waals surface area (Å²) in [6.07, 6.45) is 3.29. The summed E-state index contributed by atoms with van der Waals surface area (Å²) in [4.78, 5) is 20.4. The van der Waals surface area contributed by atoms with Gasteiger partial charge in [-0.05, 0) is 42.0 Å². The Labute approximate surface area is 149 Å². The van der Waals surface area contributed by atoms with Crippen LogP contribution in [-0.2, 0) is 5.75 Å². The highest BCUT2D eigenvalue weighted by molar-refractivity contribution is 7.98. The fraction of sp³-hybridized carbons (Fsp3) is 0.0556. The fourth-order valence-corrected chi connectivity index (χ4v) is 3.05. The summed E-state index contributed by atoms with van der Waals surface area (Å²) >= 11 is 7.47. The number of rotatable bonds is 5. The van der Waals surface area contributed by atoms with E-state index in [4.69, 9.17) is 11.6 Å². The molecule has 0 spiro atoms. The maximum absolute atomic E-state index is 12.2. The summed E-state index contributed by atoms with van der Waals surface area (Å²) in [6, 6.07) is 16.8. The molecule has 0 aliphatic carbocycles. The molecule has 1 N–H and O–H groups in total. The minimum absolute atomic E-state index is 0.214. The number of nitrogens with one attached hydrogen (secondary N) is 1. The topological polar surface area (TPSA) is 54.9 Å². The Kier molecular flexibility index (Phi) is 5.46. The number of carbonyl (C=O) groups is 1. The normalized spacial score (nSPS) is 10.4. The van der Waals surface area contributed by atoms with E-state index in [1.54, 1.807) is 24.0 Å². The average molecular weight is 356 g/mol. The lowest BCUT2D eigenvalue weighted by Crippen LogP contribution is -2.12. The van der Waals surface area contributed by atoms with Crippen molar-refractivity contribution in [2.45, 2.75) is 10.8 Å². The van der Waals surface area contributed by atoms with Crippen molar-refractivity contribution < 1.29 is 4.79 Å². The highest BCUT2D eigenvalue weighted by atomic mass is 35.5. The monoisotopic (exact) mass is 355 g/mol. The van der Waals surface area contributed by atoms with Crippen LogP contribution in [0.25, 0.3) is 0 Å². The zero-order chi connectivity index (χ0) is 16.8. The van der Waals surface area contributed by atoms with E-state index in [1.807, 2.05) is 42.5 Å². The molecule has 0 aliphatic rings. The van der Waals surface area contributed by atoms with E-state index in [0.29, 0.717) is 10.7 Å². The van der Waals surface area contributed by atoms with Gasteiger partial charge < -0.3 is 5.32 Å². The van der Waals surface area contributed by atoms with Gasteiger partial charge in [0.05, 0.1) is 5.03 Å². The summed E-state index contributed by atoms with van der Waals surface area (Å²) < 4.78 is 0. The number of carbonyl (C=O) groups excluding carboxylic acids is 1. The van der Waals surface area contributed by atoms with Crippen LogP contribution in [0.2, 0.25) is 5.15 Å². The van der Waals surface area contributed by atoms with Crippen molar-refractivity contribution in [1.29, 1.82) is 0 Å². The lowest BCUT2D eigenvalue weighted by atomic mass is 10.2. The Balaban J connectivity index is 1.65. The molecule has 1 aromatic carbocycles. The maximum atomic E-state index is 12.2. The minimum Gasteiger partial charge on any atom is -0.322 e. The predicted molar refractivity (Wildman–Crippen MR) is 97.4 cm³/mol. The van der Waals surface area contributed by atoms with Gasteiger partial charge in [-0.1, -0.05) is 29.8 Å². The summed E-state index contributed by atoms with van der Waals surface area (Å²) in [6.45, 7) is 0. The number of hydrogen-bond acceptors (Lipinski definition) is 4. The Hall–Kier alpha value is -2.37. The van der Waals surface area contributed by atoms with Crippen LogP contribution in [-0.4, -0.2) is 15.9 Å². The molecule has 0 atom stereocenters. The summed E-state index contributed by atoms with van der Waals surface area (Å²) in [5.74, 6) is 0.566. The molecule has 0 saturated carbocycles. The Bertz CT molecular complexity index is 842. The molecule has 3 aromatic rings. The molecule has 3 rings (SSSR count). The molecule has 0 unspecified atom stereocenters. The third-order valence-electron chi connectivity index (χ3n) is 3.20. The lowest BCUT2D eigenvalue weighted by Gasteiger charge is -2.08. The molecular formula is C18H14ClN3OS. The minimum atomic E-state index is -0.214. The van der Waals surface area contributed by atoms with Crippen molar-refractivity contribution in [1.82, 2.24) is 9.97 Å². The molecule has 2 heterocycles. The van der Waals surface area contributed by atoms with E-state index < -0.39 is 0 Å². The average Bonchev–Trinajstić information content (AvgIpc) is 2.61. The second-order valence-corrected chi connectivity index (χ2v) is 6.36. The van der Waals surface area contributed by atoms with Gasteiger partial charge in [-0.15, -0.1) is 11.8 Å². The van der Waals surface area contributed by atoms with Gasteiger partial charge in [0.2, 0.25) is 0 Å². The summed E-state index contributed by atoms with van der Waals surface area (Å²) in [5.41, 5.74) is 2.33. The summed E-state index contributed by atoms with van der Waals surface area (Å²) in [5, 5.41) is 4.14. The Morgan fingerprint density at radius 1 is 1.04 bits per heavy atom. The van der Waals surface area contributed by atoms with E-state index in [-0.39, 0.29) is 5.91 Å². The maximum Gasteiger partial charge on any atom is 0.255 e. The predicted octanol–water partition coefficient (Wildman–Crippen LogP) is 4.67. The van der Waals surface area contributed by atoms with Gasteiger partial charge in [-0.2, -0.15) is 0 Å². The quantitative estimate of drug-likeness (QED) is 0.533. The highest BCUT2D eigenvalue weighted by Crippen LogP contribution is 2.22. The molecule has 0 fully saturated rings. The van der Waals surface area contributed by atoms with Crippen LogP contribution in [0.3, 0.4) is 0 Å². The largest absolute Gasteiger partial charge is 0.322 e. The van der Waals surface area contributed by atoms with Gasteiger partial charge in [0, 0.05) is 29.4 Å². The highest BCUT2D eigenvalue weighted by Gasteiger charge is 2.07. The van der Waals surface area contributed by atoms with Crippen LogP contribution in [0.5, 0.6) is 0 Å². The van der Waals surface area contributed by atoms with Crippen molar-refractivity contribution >= 4 is 35.0 Å². The SMILES string of the molecule is O=C(Nc1cccc(CSc2ccccn2)c1)c1ccnc(Cl)c1. The Morgan fingerprint density at radius 2 is 1.96 bits per heavy atom. The molecule has 120 valence electrons. The Morgan fingerprint density at radius 3 is 2.75 bits per heavy atom. The number of aromatic nitrogens is 2. The molecule has 0 radical (unpaired) electrons. The van der Waals surface area contributed by atoms with Crippen molar-refractivity contribution in [2.24, 2.45) is 0 Å². The standard InChI is InChI=1S/C18H14ClN3OS/c19-16-11-14(7-9-20-16)18(23)22-15-5-3-4-13(10-15)12-24-17-6-1-2-8-21-17/h1-11H,12H2,(H,22,23). The van der Waals surface area contributed by atoms with Crippen molar-refractivity contribution in [2.75, 3.05) is 5.32 Å². The molecular weight excluding hydrogens is 342 g/mol. The first-order valence-electron chi connectivity index (χ1n) is 7.26. The fourth-order valence-electron chi connectivity index (χ4n) is 2.08. The van der Waals surface area contributed by atoms with E-state index in [1.165, 1.54) is 12.3 Å². The van der Waals surface area contributed by atoms with Gasteiger partial charge in [0.25, 0.3) is 5.91 Å². The van der Waals surface area contributed by atoms with Crippen LogP contribution >= 0.6 is 23.4 Å². The van der Waals surface area contributed by atoms with E-state index in [2.05, 4.69) is 15.3 Å². The second kappa shape index (κ2) is 7.95. The molecule has 0 aliphatic heterocycles. The van der Waals surface area contributed by atoms with Crippen molar-refractivity contribution in [3.05, 3.63) is 83.3 Å². The van der Waals surface area contributed by atoms with Gasteiger partial charge in [0.1, 0.15) is 5.15 Å². The van der Waals surface area contributed by atoms with Crippen molar-refractivity contribution in [3.8, 4) is 0 Å². The lowest BCUT2D eigenvalue weighted by molar-refractivity contribution is 0.102. The van der Waals surface area contributed by atoms with Gasteiger partial charge >= 0.3 is 0 Å². The smallest absolute Gasteiger partial charge is 0.255 e. The van der Waals surface area contributed by atoms with Crippen LogP contribution in [0.15, 0.2) is 72.0 Å². The third-order valence-corrected chi connectivity index (χ3v) is 4.42. The zero-order valence-corrected chi connectivity index (χ0v) is 14.2. The van der Waals surface area contributed by atoms with Crippen LogP contribution in [0.1, 0.15) is 15.9 Å². The van der Waals surface area contributed by atoms with Crippen LogP contribution < -0.4 is 5.32 Å². The molecule has 2 aromatic heterocycles. The van der Waals surface area contributed by atoms with Gasteiger partial charge in [-0.25, -0.2) is 9.97 Å². The number of benzene rings is 1. The molecule has 24 heavy (non-hydrogen) atoms. The van der Waals surface area contributed by atoms with E-state index in [9.17, 15) is 4.79 Å². The zero-order valence-electron chi connectivity index (χ0n) is 12.6. The first kappa shape index (κ1) is 16.5. The van der Waals surface area contributed by atoms with Gasteiger partial charge in [0.15, 0.2) is 0 Å². The first-order chi connectivity index (χ1) is 11.7. The number of thioether (sulfide) groups is 1. The molecule has 4 nitrogen and oxygen atoms in total. The number of anilines is 1. The second-order valence-electron chi connectivity index (χ2n) is 4.98. The molecule has 1 amide bonds. The number of amides is 1. The molecule has 6 heteroatoms. The first-order valence-corrected chi connectivity index (χ1v) is 8.63. The number of hydrogen-bond donors (Lipinski definition) is 1. The number of pyridine rings is 2. The molecule has 0 saturated heterocycles. The van der Waals surface area contributed by atoms with Crippen molar-refractivity contribution in [3.63, 3.8) is 0 Å². The van der Waals surface area contributed by atoms with Crippen LogP contribution in [0.4, 0.5) is 5.69 Å². The number of halogens is 1. The molecule has 0 bridgehead atoms. The van der Waals surface area contributed by atoms with E-state index >= 15 is 0 Å².